The number of nitrogens with one attached hydrogen (secondary N) is 1. The van der Waals surface area contributed by atoms with E-state index in [1.54, 1.807) is 32.4 Å². The van der Waals surface area contributed by atoms with Gasteiger partial charge in [0.05, 0.1) is 14.2 Å². The topological polar surface area (TPSA) is 50.8 Å². The molecule has 1 amide bonds. The summed E-state index contributed by atoms with van der Waals surface area (Å²) in [6, 6.07) is 13.2. The quantitative estimate of drug-likeness (QED) is 0.875. The summed E-state index contributed by atoms with van der Waals surface area (Å²) in [6.07, 6.45) is 2.47. The Balaban J connectivity index is 1.66. The molecule has 1 aliphatic heterocycles. The zero-order valence-corrected chi connectivity index (χ0v) is 15.6. The number of anilines is 2. The molecule has 5 nitrogen and oxygen atoms in total. The molecule has 1 fully saturated rings. The van der Waals surface area contributed by atoms with Gasteiger partial charge in [0.1, 0.15) is 0 Å². The van der Waals surface area contributed by atoms with Gasteiger partial charge in [-0.1, -0.05) is 6.92 Å². The van der Waals surface area contributed by atoms with E-state index in [0.717, 1.165) is 24.7 Å². The summed E-state index contributed by atoms with van der Waals surface area (Å²) in [6.45, 7) is 4.50. The fraction of sp³-hybridized carbons (Fsp3) is 0.381. The SMILES string of the molecule is COc1ccc(C(=O)Nc2ccc(N3CCC(C)CC3)cc2)cc1OC. The second kappa shape index (κ2) is 8.13. The molecule has 1 aliphatic rings. The molecular formula is C21H26N2O3. The van der Waals surface area contributed by atoms with E-state index in [2.05, 4.69) is 29.3 Å². The lowest BCUT2D eigenvalue weighted by Gasteiger charge is -2.32. The van der Waals surface area contributed by atoms with E-state index in [1.807, 2.05) is 12.1 Å². The number of rotatable bonds is 5. The maximum atomic E-state index is 12.5. The minimum atomic E-state index is -0.175. The van der Waals surface area contributed by atoms with Gasteiger partial charge in [-0.3, -0.25) is 4.79 Å². The molecule has 0 spiro atoms. The van der Waals surface area contributed by atoms with E-state index in [0.29, 0.717) is 17.1 Å². The van der Waals surface area contributed by atoms with Crippen LogP contribution in [0.4, 0.5) is 11.4 Å². The number of ether oxygens (including phenoxy) is 2. The molecule has 0 aromatic heterocycles. The Morgan fingerprint density at radius 1 is 1.00 bits per heavy atom. The van der Waals surface area contributed by atoms with Crippen LogP contribution in [0.1, 0.15) is 30.1 Å². The molecule has 26 heavy (non-hydrogen) atoms. The number of carbonyl (C=O) groups is 1. The monoisotopic (exact) mass is 354 g/mol. The van der Waals surface area contributed by atoms with Crippen LogP contribution in [0, 0.1) is 5.92 Å². The van der Waals surface area contributed by atoms with Crippen molar-refractivity contribution in [3.05, 3.63) is 48.0 Å². The van der Waals surface area contributed by atoms with Crippen LogP contribution in [0.25, 0.3) is 0 Å². The number of amides is 1. The van der Waals surface area contributed by atoms with Crippen LogP contribution in [0.5, 0.6) is 11.5 Å². The van der Waals surface area contributed by atoms with Gasteiger partial charge in [-0.2, -0.15) is 0 Å². The Labute approximate surface area is 154 Å². The average molecular weight is 354 g/mol. The van der Waals surface area contributed by atoms with Crippen molar-refractivity contribution in [3.63, 3.8) is 0 Å². The first-order valence-electron chi connectivity index (χ1n) is 8.99. The second-order valence-corrected chi connectivity index (χ2v) is 6.74. The summed E-state index contributed by atoms with van der Waals surface area (Å²) in [5.41, 5.74) is 2.51. The Kier molecular flexibility index (Phi) is 5.66. The van der Waals surface area contributed by atoms with Crippen molar-refractivity contribution in [1.82, 2.24) is 0 Å². The maximum Gasteiger partial charge on any atom is 0.255 e. The van der Waals surface area contributed by atoms with Gasteiger partial charge in [0.2, 0.25) is 0 Å². The third-order valence-electron chi connectivity index (χ3n) is 4.92. The summed E-state index contributed by atoms with van der Waals surface area (Å²) >= 11 is 0. The van der Waals surface area contributed by atoms with Crippen molar-refractivity contribution in [2.24, 2.45) is 5.92 Å². The van der Waals surface area contributed by atoms with E-state index >= 15 is 0 Å². The number of hydrogen-bond donors (Lipinski definition) is 1. The number of piperidine rings is 1. The summed E-state index contributed by atoms with van der Waals surface area (Å²) in [5, 5.41) is 2.93. The minimum Gasteiger partial charge on any atom is -0.493 e. The molecule has 1 heterocycles. The van der Waals surface area contributed by atoms with Gasteiger partial charge < -0.3 is 19.7 Å². The first kappa shape index (κ1) is 18.1. The normalized spacial score (nSPS) is 14.8. The predicted octanol–water partition coefficient (Wildman–Crippen LogP) is 4.19. The molecule has 138 valence electrons. The van der Waals surface area contributed by atoms with Crippen molar-refractivity contribution in [2.75, 3.05) is 37.5 Å². The average Bonchev–Trinajstić information content (AvgIpc) is 2.68. The standard InChI is InChI=1S/C21H26N2O3/c1-15-10-12-23(13-11-15)18-7-5-17(6-8-18)22-21(24)16-4-9-19(25-2)20(14-16)26-3/h4-9,14-15H,10-13H2,1-3H3,(H,22,24). The zero-order valence-electron chi connectivity index (χ0n) is 15.6. The Morgan fingerprint density at radius 2 is 1.65 bits per heavy atom. The third kappa shape index (κ3) is 4.10. The van der Waals surface area contributed by atoms with E-state index in [4.69, 9.17) is 9.47 Å². The summed E-state index contributed by atoms with van der Waals surface area (Å²) < 4.78 is 10.5. The molecule has 5 heteroatoms. The largest absolute Gasteiger partial charge is 0.493 e. The highest BCUT2D eigenvalue weighted by molar-refractivity contribution is 6.04. The fourth-order valence-corrected chi connectivity index (χ4v) is 3.20. The van der Waals surface area contributed by atoms with Crippen molar-refractivity contribution in [2.45, 2.75) is 19.8 Å². The van der Waals surface area contributed by atoms with Gasteiger partial charge in [-0.25, -0.2) is 0 Å². The van der Waals surface area contributed by atoms with Crippen LogP contribution >= 0.6 is 0 Å². The van der Waals surface area contributed by atoms with Crippen molar-refractivity contribution >= 4 is 17.3 Å². The molecule has 3 rings (SSSR count). The molecule has 0 bridgehead atoms. The summed E-state index contributed by atoms with van der Waals surface area (Å²) in [4.78, 5) is 14.9. The maximum absolute atomic E-state index is 12.5. The Hall–Kier alpha value is -2.69. The number of benzene rings is 2. The first-order chi connectivity index (χ1) is 12.6. The van der Waals surface area contributed by atoms with Crippen LogP contribution in [0.2, 0.25) is 0 Å². The van der Waals surface area contributed by atoms with E-state index in [1.165, 1.54) is 18.5 Å². The smallest absolute Gasteiger partial charge is 0.255 e. The van der Waals surface area contributed by atoms with Gasteiger partial charge in [-0.15, -0.1) is 0 Å². The van der Waals surface area contributed by atoms with Gasteiger partial charge >= 0.3 is 0 Å². The van der Waals surface area contributed by atoms with E-state index in [9.17, 15) is 4.79 Å². The highest BCUT2D eigenvalue weighted by Gasteiger charge is 2.16. The van der Waals surface area contributed by atoms with Crippen molar-refractivity contribution in [1.29, 1.82) is 0 Å². The highest BCUT2D eigenvalue weighted by Crippen LogP contribution is 2.28. The number of hydrogen-bond acceptors (Lipinski definition) is 4. The summed E-state index contributed by atoms with van der Waals surface area (Å²) in [7, 11) is 3.13. The molecule has 0 unspecified atom stereocenters. The van der Waals surface area contributed by atoms with Crippen LogP contribution in [-0.2, 0) is 0 Å². The number of methoxy groups -OCH3 is 2. The summed E-state index contributed by atoms with van der Waals surface area (Å²) in [5.74, 6) is 1.77. The molecule has 2 aromatic rings. The van der Waals surface area contributed by atoms with E-state index in [-0.39, 0.29) is 5.91 Å². The van der Waals surface area contributed by atoms with Crippen molar-refractivity contribution in [3.8, 4) is 11.5 Å². The fourth-order valence-electron chi connectivity index (χ4n) is 3.20. The van der Waals surface area contributed by atoms with Gasteiger partial charge in [0.25, 0.3) is 5.91 Å². The highest BCUT2D eigenvalue weighted by atomic mass is 16.5. The molecule has 0 saturated carbocycles. The lowest BCUT2D eigenvalue weighted by Crippen LogP contribution is -2.32. The molecular weight excluding hydrogens is 328 g/mol. The number of carbonyl (C=O) groups excluding carboxylic acids is 1. The Bertz CT molecular complexity index is 750. The molecule has 0 radical (unpaired) electrons. The lowest BCUT2D eigenvalue weighted by molar-refractivity contribution is 0.102. The third-order valence-corrected chi connectivity index (χ3v) is 4.92. The predicted molar refractivity (Wildman–Crippen MR) is 105 cm³/mol. The molecule has 0 aliphatic carbocycles. The zero-order chi connectivity index (χ0) is 18.5. The molecule has 1 N–H and O–H groups in total. The van der Waals surface area contributed by atoms with Crippen LogP contribution < -0.4 is 19.7 Å². The van der Waals surface area contributed by atoms with Crippen LogP contribution in [0.3, 0.4) is 0 Å². The van der Waals surface area contributed by atoms with Crippen LogP contribution in [-0.4, -0.2) is 33.2 Å². The first-order valence-corrected chi connectivity index (χ1v) is 8.99. The Morgan fingerprint density at radius 3 is 2.27 bits per heavy atom. The van der Waals surface area contributed by atoms with Crippen LogP contribution in [0.15, 0.2) is 42.5 Å². The van der Waals surface area contributed by atoms with Gasteiger partial charge in [-0.05, 0) is 61.2 Å². The molecule has 1 saturated heterocycles. The second-order valence-electron chi connectivity index (χ2n) is 6.74. The molecule has 2 aromatic carbocycles. The molecule has 0 atom stereocenters. The minimum absolute atomic E-state index is 0.175. The number of nitrogens with zero attached hydrogens (tertiary/aromatic N) is 1. The van der Waals surface area contributed by atoms with Gasteiger partial charge in [0, 0.05) is 30.0 Å². The lowest BCUT2D eigenvalue weighted by atomic mass is 9.99. The van der Waals surface area contributed by atoms with E-state index < -0.39 is 0 Å². The van der Waals surface area contributed by atoms with Gasteiger partial charge in [0.15, 0.2) is 11.5 Å². The van der Waals surface area contributed by atoms with Crippen molar-refractivity contribution < 1.29 is 14.3 Å².